The SMILES string of the molecule is O=C(O)c1cc(N2CCN(C(=O)CCOc3ccc([N+](=O)[O-])cc3)CC2)ccc1O. The summed E-state index contributed by atoms with van der Waals surface area (Å²) in [5.41, 5.74) is 0.494. The molecule has 0 radical (unpaired) electrons. The molecular formula is C20H21N3O7. The molecule has 10 nitrogen and oxygen atoms in total. The van der Waals surface area contributed by atoms with Crippen LogP contribution in [0.1, 0.15) is 16.8 Å². The number of non-ortho nitro benzene ring substituents is 1. The maximum absolute atomic E-state index is 12.4. The van der Waals surface area contributed by atoms with E-state index in [0.29, 0.717) is 37.6 Å². The first-order valence-corrected chi connectivity index (χ1v) is 9.31. The molecule has 0 unspecified atom stereocenters. The zero-order valence-electron chi connectivity index (χ0n) is 16.1. The van der Waals surface area contributed by atoms with Crippen LogP contribution in [-0.2, 0) is 4.79 Å². The highest BCUT2D eigenvalue weighted by molar-refractivity contribution is 5.92. The van der Waals surface area contributed by atoms with Crippen LogP contribution in [0.5, 0.6) is 11.5 Å². The van der Waals surface area contributed by atoms with Crippen molar-refractivity contribution in [2.45, 2.75) is 6.42 Å². The summed E-state index contributed by atoms with van der Waals surface area (Å²) in [5, 5.41) is 29.4. The fraction of sp³-hybridized carbons (Fsp3) is 0.300. The quantitative estimate of drug-likeness (QED) is 0.519. The predicted octanol–water partition coefficient (Wildman–Crippen LogP) is 2.12. The van der Waals surface area contributed by atoms with Crippen LogP contribution in [0.15, 0.2) is 42.5 Å². The molecule has 1 heterocycles. The Morgan fingerprint density at radius 3 is 2.33 bits per heavy atom. The number of rotatable bonds is 7. The molecule has 3 rings (SSSR count). The first-order valence-electron chi connectivity index (χ1n) is 9.31. The number of hydrogen-bond acceptors (Lipinski definition) is 7. The van der Waals surface area contributed by atoms with E-state index >= 15 is 0 Å². The summed E-state index contributed by atoms with van der Waals surface area (Å²) < 4.78 is 5.48. The van der Waals surface area contributed by atoms with Gasteiger partial charge in [0.05, 0.1) is 18.0 Å². The Labute approximate surface area is 172 Å². The van der Waals surface area contributed by atoms with E-state index in [2.05, 4.69) is 0 Å². The number of carboxylic acids is 1. The lowest BCUT2D eigenvalue weighted by Crippen LogP contribution is -2.49. The molecule has 158 valence electrons. The normalized spacial score (nSPS) is 13.7. The third-order valence-corrected chi connectivity index (χ3v) is 4.84. The molecule has 2 N–H and O–H groups in total. The van der Waals surface area contributed by atoms with Crippen molar-refractivity contribution >= 4 is 23.3 Å². The van der Waals surface area contributed by atoms with E-state index in [1.165, 1.54) is 36.4 Å². The molecule has 1 aliphatic rings. The molecule has 30 heavy (non-hydrogen) atoms. The predicted molar refractivity (Wildman–Crippen MR) is 107 cm³/mol. The zero-order chi connectivity index (χ0) is 21.7. The van der Waals surface area contributed by atoms with Crippen LogP contribution in [0.25, 0.3) is 0 Å². The van der Waals surface area contributed by atoms with Crippen molar-refractivity contribution in [2.24, 2.45) is 0 Å². The fourth-order valence-corrected chi connectivity index (χ4v) is 3.18. The summed E-state index contributed by atoms with van der Waals surface area (Å²) in [6.07, 6.45) is 0.180. The number of phenols is 1. The Bertz CT molecular complexity index is 938. The van der Waals surface area contributed by atoms with Crippen LogP contribution in [0.3, 0.4) is 0 Å². The topological polar surface area (TPSA) is 133 Å². The van der Waals surface area contributed by atoms with Crippen molar-refractivity contribution in [3.8, 4) is 11.5 Å². The molecule has 1 amide bonds. The Morgan fingerprint density at radius 2 is 1.73 bits per heavy atom. The third-order valence-electron chi connectivity index (χ3n) is 4.84. The monoisotopic (exact) mass is 415 g/mol. The summed E-state index contributed by atoms with van der Waals surface area (Å²) in [5.74, 6) is -1.09. The fourth-order valence-electron chi connectivity index (χ4n) is 3.18. The summed E-state index contributed by atoms with van der Waals surface area (Å²) in [4.78, 5) is 37.4. The number of benzene rings is 2. The molecule has 0 aromatic heterocycles. The molecule has 2 aromatic rings. The van der Waals surface area contributed by atoms with Gasteiger partial charge in [-0.05, 0) is 30.3 Å². The van der Waals surface area contributed by atoms with Gasteiger partial charge < -0.3 is 24.7 Å². The average molecular weight is 415 g/mol. The van der Waals surface area contributed by atoms with E-state index in [4.69, 9.17) is 9.84 Å². The second-order valence-electron chi connectivity index (χ2n) is 6.72. The second-order valence-corrected chi connectivity index (χ2v) is 6.72. The number of amides is 1. The van der Waals surface area contributed by atoms with E-state index < -0.39 is 10.9 Å². The minimum absolute atomic E-state index is 0.0274. The Morgan fingerprint density at radius 1 is 1.07 bits per heavy atom. The highest BCUT2D eigenvalue weighted by Gasteiger charge is 2.22. The number of nitrogens with zero attached hydrogens (tertiary/aromatic N) is 3. The minimum Gasteiger partial charge on any atom is -0.507 e. The summed E-state index contributed by atoms with van der Waals surface area (Å²) in [6, 6.07) is 10.1. The number of nitro benzene ring substituents is 1. The number of aromatic hydroxyl groups is 1. The molecular weight excluding hydrogens is 394 g/mol. The van der Waals surface area contributed by atoms with Crippen molar-refractivity contribution in [3.05, 3.63) is 58.1 Å². The van der Waals surface area contributed by atoms with Gasteiger partial charge in [0.25, 0.3) is 5.69 Å². The number of carboxylic acid groups (broad SMARTS) is 1. The number of aromatic carboxylic acids is 1. The van der Waals surface area contributed by atoms with Crippen molar-refractivity contribution in [1.82, 2.24) is 4.90 Å². The molecule has 0 atom stereocenters. The van der Waals surface area contributed by atoms with Gasteiger partial charge in [-0.15, -0.1) is 0 Å². The molecule has 10 heteroatoms. The molecule has 1 aliphatic heterocycles. The first kappa shape index (κ1) is 20.9. The number of anilines is 1. The van der Waals surface area contributed by atoms with Crippen LogP contribution in [0.2, 0.25) is 0 Å². The first-order chi connectivity index (χ1) is 14.3. The largest absolute Gasteiger partial charge is 0.507 e. The molecule has 1 fully saturated rings. The highest BCUT2D eigenvalue weighted by Crippen LogP contribution is 2.25. The van der Waals surface area contributed by atoms with Crippen molar-refractivity contribution < 1.29 is 29.5 Å². The lowest BCUT2D eigenvalue weighted by atomic mass is 10.1. The summed E-state index contributed by atoms with van der Waals surface area (Å²) >= 11 is 0. The smallest absolute Gasteiger partial charge is 0.339 e. The Hall–Kier alpha value is -3.82. The van der Waals surface area contributed by atoms with Crippen molar-refractivity contribution in [3.63, 3.8) is 0 Å². The van der Waals surface area contributed by atoms with Gasteiger partial charge in [-0.25, -0.2) is 4.79 Å². The van der Waals surface area contributed by atoms with E-state index in [1.54, 1.807) is 11.0 Å². The Balaban J connectivity index is 1.46. The maximum atomic E-state index is 12.4. The van der Waals surface area contributed by atoms with Gasteiger partial charge >= 0.3 is 5.97 Å². The summed E-state index contributed by atoms with van der Waals surface area (Å²) in [7, 11) is 0. The van der Waals surface area contributed by atoms with E-state index in [1.807, 2.05) is 4.90 Å². The van der Waals surface area contributed by atoms with Crippen LogP contribution < -0.4 is 9.64 Å². The number of nitro groups is 1. The van der Waals surface area contributed by atoms with E-state index in [9.17, 15) is 24.8 Å². The van der Waals surface area contributed by atoms with Gasteiger partial charge in [0.1, 0.15) is 17.1 Å². The van der Waals surface area contributed by atoms with Crippen LogP contribution >= 0.6 is 0 Å². The second kappa shape index (κ2) is 9.12. The standard InChI is InChI=1S/C20H21N3O7/c24-18-6-3-15(13-17(18)20(26)27)21-8-10-22(11-9-21)19(25)7-12-30-16-4-1-14(2-5-16)23(28)29/h1-6,13,24H,7-12H2,(H,26,27). The minimum atomic E-state index is -1.20. The number of piperazine rings is 1. The van der Waals surface area contributed by atoms with Gasteiger partial charge in [0, 0.05) is 44.0 Å². The average Bonchev–Trinajstić information content (AvgIpc) is 2.74. The van der Waals surface area contributed by atoms with Gasteiger partial charge in [-0.2, -0.15) is 0 Å². The summed E-state index contributed by atoms with van der Waals surface area (Å²) in [6.45, 7) is 2.22. The van der Waals surface area contributed by atoms with Gasteiger partial charge in [0.2, 0.25) is 5.91 Å². The van der Waals surface area contributed by atoms with Crippen molar-refractivity contribution in [2.75, 3.05) is 37.7 Å². The number of hydrogen-bond donors (Lipinski definition) is 2. The third kappa shape index (κ3) is 4.96. The van der Waals surface area contributed by atoms with Crippen LogP contribution in [0.4, 0.5) is 11.4 Å². The van der Waals surface area contributed by atoms with E-state index in [-0.39, 0.29) is 35.9 Å². The number of carbonyl (C=O) groups is 2. The van der Waals surface area contributed by atoms with Crippen LogP contribution in [-0.4, -0.2) is 64.7 Å². The van der Waals surface area contributed by atoms with Gasteiger partial charge in [-0.1, -0.05) is 0 Å². The van der Waals surface area contributed by atoms with Gasteiger partial charge in [0.15, 0.2) is 0 Å². The van der Waals surface area contributed by atoms with Crippen molar-refractivity contribution in [1.29, 1.82) is 0 Å². The zero-order valence-corrected chi connectivity index (χ0v) is 16.1. The lowest BCUT2D eigenvalue weighted by Gasteiger charge is -2.36. The Kier molecular flexibility index (Phi) is 6.35. The molecule has 0 aliphatic carbocycles. The number of ether oxygens (including phenoxy) is 1. The van der Waals surface area contributed by atoms with E-state index in [0.717, 1.165) is 0 Å². The molecule has 2 aromatic carbocycles. The number of carbonyl (C=O) groups excluding carboxylic acids is 1. The highest BCUT2D eigenvalue weighted by atomic mass is 16.6. The molecule has 0 saturated carbocycles. The molecule has 0 bridgehead atoms. The maximum Gasteiger partial charge on any atom is 0.339 e. The van der Waals surface area contributed by atoms with Gasteiger partial charge in [-0.3, -0.25) is 14.9 Å². The lowest BCUT2D eigenvalue weighted by molar-refractivity contribution is -0.384. The molecule has 1 saturated heterocycles. The molecule has 0 spiro atoms. The van der Waals surface area contributed by atoms with Crippen LogP contribution in [0, 0.1) is 10.1 Å².